The van der Waals surface area contributed by atoms with Gasteiger partial charge in [0.05, 0.1) is 22.4 Å². The molecule has 5 rings (SSSR count). The maximum atomic E-state index is 15.0. The van der Waals surface area contributed by atoms with Crippen LogP contribution >= 0.6 is 0 Å². The van der Waals surface area contributed by atoms with Crippen molar-refractivity contribution >= 4 is 27.5 Å². The third-order valence-electron chi connectivity index (χ3n) is 5.45. The summed E-state index contributed by atoms with van der Waals surface area (Å²) in [7, 11) is 0. The number of anilines is 1. The molecule has 1 fully saturated rings. The Morgan fingerprint density at radius 3 is 2.67 bits per heavy atom. The van der Waals surface area contributed by atoms with Crippen LogP contribution in [0.4, 0.5) is 14.5 Å². The molecule has 0 saturated carbocycles. The van der Waals surface area contributed by atoms with E-state index in [-0.39, 0.29) is 11.6 Å². The molecule has 0 bridgehead atoms. The van der Waals surface area contributed by atoms with Gasteiger partial charge in [0, 0.05) is 61.3 Å². The van der Waals surface area contributed by atoms with Crippen molar-refractivity contribution in [3.8, 4) is 11.3 Å². The summed E-state index contributed by atoms with van der Waals surface area (Å²) in [6, 6.07) is 8.14. The fraction of sp³-hybridized carbons (Fsp3) is 0.286. The zero-order chi connectivity index (χ0) is 18.5. The van der Waals surface area contributed by atoms with Crippen LogP contribution in [0.1, 0.15) is 6.92 Å². The smallest absolute Gasteiger partial charge is 0.147 e. The van der Waals surface area contributed by atoms with E-state index in [9.17, 15) is 4.39 Å². The van der Waals surface area contributed by atoms with Crippen molar-refractivity contribution in [2.45, 2.75) is 13.5 Å². The summed E-state index contributed by atoms with van der Waals surface area (Å²) < 4.78 is 30.8. The number of nitrogens with one attached hydrogen (secondary N) is 1. The molecule has 0 radical (unpaired) electrons. The maximum Gasteiger partial charge on any atom is 0.147 e. The standard InChI is InChI=1S/C21H20F2N4/c1-2-26-12-16-14-4-3-13(22)9-18(14)25-21(16)15-10-17(23)20(11-19(15)26)27-7-5-24-6-8-27/h3-4,9-12,24H,2,5-8H2,1H3. The van der Waals surface area contributed by atoms with Crippen molar-refractivity contribution in [1.82, 2.24) is 14.9 Å². The van der Waals surface area contributed by atoms with Crippen LogP contribution in [0.3, 0.4) is 0 Å². The van der Waals surface area contributed by atoms with E-state index in [4.69, 9.17) is 0 Å². The molecular formula is C21H20F2N4. The van der Waals surface area contributed by atoms with Crippen LogP contribution < -0.4 is 10.2 Å². The molecule has 0 aromatic heterocycles. The van der Waals surface area contributed by atoms with E-state index in [1.807, 2.05) is 12.3 Å². The van der Waals surface area contributed by atoms with E-state index >= 15 is 4.39 Å². The average molecular weight is 366 g/mol. The van der Waals surface area contributed by atoms with Gasteiger partial charge in [-0.2, -0.15) is 0 Å². The van der Waals surface area contributed by atoms with Crippen molar-refractivity contribution < 1.29 is 8.78 Å². The van der Waals surface area contributed by atoms with Gasteiger partial charge in [-0.1, -0.05) is 0 Å². The van der Waals surface area contributed by atoms with Gasteiger partial charge < -0.3 is 14.8 Å². The molecule has 2 aromatic rings. The number of pyridine rings is 1. The molecule has 3 heterocycles. The number of halogens is 2. The van der Waals surface area contributed by atoms with Crippen molar-refractivity contribution in [3.05, 3.63) is 48.2 Å². The second-order valence-corrected chi connectivity index (χ2v) is 7.01. The molecule has 0 amide bonds. The Balaban J connectivity index is 1.80. The van der Waals surface area contributed by atoms with Gasteiger partial charge in [0.15, 0.2) is 0 Å². The second-order valence-electron chi connectivity index (χ2n) is 7.01. The Kier molecular flexibility index (Phi) is 3.75. The number of piperazine rings is 1. The Morgan fingerprint density at radius 2 is 1.89 bits per heavy atom. The summed E-state index contributed by atoms with van der Waals surface area (Å²) in [6.45, 7) is 6.10. The van der Waals surface area contributed by atoms with Gasteiger partial charge in [-0.25, -0.2) is 13.8 Å². The number of hydrogen-bond donors (Lipinski definition) is 1. The van der Waals surface area contributed by atoms with Gasteiger partial charge in [-0.15, -0.1) is 0 Å². The number of hydrogen-bond acceptors (Lipinski definition) is 3. The Bertz CT molecular complexity index is 1130. The molecule has 4 nitrogen and oxygen atoms in total. The third kappa shape index (κ3) is 2.55. The highest BCUT2D eigenvalue weighted by Crippen LogP contribution is 2.39. The molecule has 1 N–H and O–H groups in total. The SMILES string of the molecule is CCn1cc2c3ccc(F)cc3nc-2c2cc(F)c(N3CCNCC3)cc21. The summed E-state index contributed by atoms with van der Waals surface area (Å²) in [6.07, 6.45) is 2.05. The first kappa shape index (κ1) is 16.4. The van der Waals surface area contributed by atoms with E-state index in [2.05, 4.69) is 26.7 Å². The molecule has 0 atom stereocenters. The minimum absolute atomic E-state index is 0.238. The molecule has 3 aliphatic heterocycles. The largest absolute Gasteiger partial charge is 0.367 e. The number of rotatable bonds is 2. The van der Waals surface area contributed by atoms with Gasteiger partial charge in [-0.3, -0.25) is 0 Å². The third-order valence-corrected chi connectivity index (χ3v) is 5.45. The van der Waals surface area contributed by atoms with Gasteiger partial charge in [-0.05, 0) is 31.2 Å². The lowest BCUT2D eigenvalue weighted by atomic mass is 10.0. The molecular weight excluding hydrogens is 346 g/mol. The van der Waals surface area contributed by atoms with Crippen LogP contribution in [0, 0.1) is 11.6 Å². The lowest BCUT2D eigenvalue weighted by molar-refractivity contribution is 0.567. The summed E-state index contributed by atoms with van der Waals surface area (Å²) in [4.78, 5) is 6.70. The predicted octanol–water partition coefficient (Wildman–Crippen LogP) is 4.00. The number of fused-ring (bicyclic) bond motifs is 5. The first-order valence-electron chi connectivity index (χ1n) is 9.32. The fourth-order valence-corrected chi connectivity index (χ4v) is 4.08. The first-order valence-corrected chi connectivity index (χ1v) is 9.32. The normalized spacial score (nSPS) is 15.3. The number of aromatic nitrogens is 2. The van der Waals surface area contributed by atoms with Gasteiger partial charge in [0.25, 0.3) is 0 Å². The predicted molar refractivity (Wildman–Crippen MR) is 105 cm³/mol. The minimum Gasteiger partial charge on any atom is -0.367 e. The Labute approximate surface area is 155 Å². The molecule has 1 saturated heterocycles. The average Bonchev–Trinajstić information content (AvgIpc) is 3.05. The molecule has 2 aromatic carbocycles. The van der Waals surface area contributed by atoms with E-state index in [1.54, 1.807) is 12.1 Å². The summed E-state index contributed by atoms with van der Waals surface area (Å²) in [5, 5.41) is 4.95. The summed E-state index contributed by atoms with van der Waals surface area (Å²) >= 11 is 0. The van der Waals surface area contributed by atoms with Crippen molar-refractivity contribution in [3.63, 3.8) is 0 Å². The van der Waals surface area contributed by atoms with E-state index < -0.39 is 0 Å². The second kappa shape index (κ2) is 6.16. The van der Waals surface area contributed by atoms with Crippen molar-refractivity contribution in [2.24, 2.45) is 0 Å². The van der Waals surface area contributed by atoms with E-state index in [1.165, 1.54) is 12.1 Å². The van der Waals surface area contributed by atoms with Crippen LogP contribution in [0.15, 0.2) is 36.5 Å². The summed E-state index contributed by atoms with van der Waals surface area (Å²) in [5.74, 6) is -0.553. The summed E-state index contributed by atoms with van der Waals surface area (Å²) in [5.41, 5.74) is 3.83. The Hall–Kier alpha value is -2.73. The van der Waals surface area contributed by atoms with Crippen molar-refractivity contribution in [2.75, 3.05) is 31.1 Å². The molecule has 6 heteroatoms. The quantitative estimate of drug-likeness (QED) is 0.582. The van der Waals surface area contributed by atoms with E-state index in [0.29, 0.717) is 11.2 Å². The zero-order valence-corrected chi connectivity index (χ0v) is 15.1. The number of aryl methyl sites for hydroxylation is 1. The van der Waals surface area contributed by atoms with E-state index in [0.717, 1.165) is 60.3 Å². The topological polar surface area (TPSA) is 33.1 Å². The number of nitrogens with zero attached hydrogens (tertiary/aromatic N) is 3. The van der Waals surface area contributed by atoms with Crippen LogP contribution in [-0.2, 0) is 6.54 Å². The molecule has 0 unspecified atom stereocenters. The van der Waals surface area contributed by atoms with Crippen molar-refractivity contribution in [1.29, 1.82) is 0 Å². The molecule has 0 spiro atoms. The molecule has 138 valence electrons. The van der Waals surface area contributed by atoms with Crippen LogP contribution in [0.5, 0.6) is 0 Å². The van der Waals surface area contributed by atoms with Gasteiger partial charge in [0.2, 0.25) is 0 Å². The Morgan fingerprint density at radius 1 is 1.07 bits per heavy atom. The monoisotopic (exact) mass is 366 g/mol. The van der Waals surface area contributed by atoms with Crippen LogP contribution in [0.25, 0.3) is 33.1 Å². The lowest BCUT2D eigenvalue weighted by Crippen LogP contribution is -2.43. The lowest BCUT2D eigenvalue weighted by Gasteiger charge is -2.30. The highest BCUT2D eigenvalue weighted by molar-refractivity contribution is 6.06. The minimum atomic E-state index is -0.315. The highest BCUT2D eigenvalue weighted by Gasteiger charge is 2.21. The molecule has 27 heavy (non-hydrogen) atoms. The van der Waals surface area contributed by atoms with Gasteiger partial charge >= 0.3 is 0 Å². The fourth-order valence-electron chi connectivity index (χ4n) is 4.08. The molecule has 3 aliphatic rings. The van der Waals surface area contributed by atoms with Gasteiger partial charge in [0.1, 0.15) is 11.6 Å². The first-order chi connectivity index (χ1) is 13.2. The van der Waals surface area contributed by atoms with Crippen LogP contribution in [-0.4, -0.2) is 35.7 Å². The molecule has 0 aliphatic carbocycles. The number of benzene rings is 2. The van der Waals surface area contributed by atoms with Crippen LogP contribution in [0.2, 0.25) is 0 Å². The maximum absolute atomic E-state index is 15.0. The highest BCUT2D eigenvalue weighted by atomic mass is 19.1. The zero-order valence-electron chi connectivity index (χ0n) is 15.1.